The predicted octanol–water partition coefficient (Wildman–Crippen LogP) is 3.57. The van der Waals surface area contributed by atoms with Gasteiger partial charge in [-0.25, -0.2) is 0 Å². The Morgan fingerprint density at radius 1 is 1.33 bits per heavy atom. The van der Waals surface area contributed by atoms with Crippen molar-refractivity contribution in [2.24, 2.45) is 5.92 Å². The van der Waals surface area contributed by atoms with Gasteiger partial charge in [0.05, 0.1) is 24.8 Å². The third kappa shape index (κ3) is 7.55. The molecule has 0 aliphatic heterocycles. The third-order valence-electron chi connectivity index (χ3n) is 3.07. The van der Waals surface area contributed by atoms with Crippen LogP contribution in [0.2, 0.25) is 5.02 Å². The number of benzene rings is 1. The van der Waals surface area contributed by atoms with Crippen molar-refractivity contribution in [2.45, 2.75) is 32.8 Å². The van der Waals surface area contributed by atoms with Gasteiger partial charge in [0.2, 0.25) is 0 Å². The van der Waals surface area contributed by atoms with Gasteiger partial charge in [0.15, 0.2) is 0 Å². The molecule has 1 atom stereocenters. The number of hydrogen-bond donors (Lipinski definition) is 2. The molecule has 1 rings (SSSR count). The SMILES string of the molecule is COc1cc(NCC(O)COCCCC(C)C)ccc1Cl. The molecule has 1 aromatic carbocycles. The number of nitrogens with one attached hydrogen (secondary N) is 1. The van der Waals surface area contributed by atoms with Crippen LogP contribution < -0.4 is 10.1 Å². The zero-order valence-electron chi connectivity index (χ0n) is 13.1. The van der Waals surface area contributed by atoms with Gasteiger partial charge in [-0.3, -0.25) is 0 Å². The van der Waals surface area contributed by atoms with Crippen molar-refractivity contribution >= 4 is 17.3 Å². The molecule has 0 heterocycles. The first-order chi connectivity index (χ1) is 10.0. The summed E-state index contributed by atoms with van der Waals surface area (Å²) in [7, 11) is 1.57. The van der Waals surface area contributed by atoms with Gasteiger partial charge >= 0.3 is 0 Å². The lowest BCUT2D eigenvalue weighted by Crippen LogP contribution is -2.25. The fraction of sp³-hybridized carbons (Fsp3) is 0.625. The van der Waals surface area contributed by atoms with Crippen molar-refractivity contribution in [3.8, 4) is 5.75 Å². The number of aliphatic hydroxyl groups excluding tert-OH is 1. The van der Waals surface area contributed by atoms with Crippen LogP contribution in [0.4, 0.5) is 5.69 Å². The average Bonchev–Trinajstić information content (AvgIpc) is 2.45. The highest BCUT2D eigenvalue weighted by Crippen LogP contribution is 2.27. The largest absolute Gasteiger partial charge is 0.495 e. The van der Waals surface area contributed by atoms with E-state index in [4.69, 9.17) is 21.1 Å². The van der Waals surface area contributed by atoms with Crippen LogP contribution in [-0.4, -0.2) is 38.1 Å². The highest BCUT2D eigenvalue weighted by Gasteiger charge is 2.06. The molecule has 0 aromatic heterocycles. The summed E-state index contributed by atoms with van der Waals surface area (Å²) in [5.74, 6) is 1.31. The number of aliphatic hydroxyl groups is 1. The predicted molar refractivity (Wildman–Crippen MR) is 87.4 cm³/mol. The van der Waals surface area contributed by atoms with E-state index in [-0.39, 0.29) is 0 Å². The summed E-state index contributed by atoms with van der Waals surface area (Å²) in [6.45, 7) is 5.85. The van der Waals surface area contributed by atoms with Gasteiger partial charge in [-0.1, -0.05) is 25.4 Å². The van der Waals surface area contributed by atoms with Crippen molar-refractivity contribution in [3.05, 3.63) is 23.2 Å². The minimum Gasteiger partial charge on any atom is -0.495 e. The molecule has 1 aromatic rings. The fourth-order valence-electron chi connectivity index (χ4n) is 1.88. The summed E-state index contributed by atoms with van der Waals surface area (Å²) in [5, 5.41) is 13.6. The maximum Gasteiger partial charge on any atom is 0.139 e. The van der Waals surface area contributed by atoms with Gasteiger partial charge in [-0.15, -0.1) is 0 Å². The van der Waals surface area contributed by atoms with Gasteiger partial charge in [0.25, 0.3) is 0 Å². The highest BCUT2D eigenvalue weighted by atomic mass is 35.5. The lowest BCUT2D eigenvalue weighted by Gasteiger charge is -2.14. The Morgan fingerprint density at radius 2 is 2.10 bits per heavy atom. The number of ether oxygens (including phenoxy) is 2. The number of methoxy groups -OCH3 is 1. The van der Waals surface area contributed by atoms with E-state index in [0.717, 1.165) is 18.5 Å². The molecule has 0 amide bonds. The maximum absolute atomic E-state index is 9.86. The summed E-state index contributed by atoms with van der Waals surface area (Å²) in [6.07, 6.45) is 1.65. The Bertz CT molecular complexity index is 413. The van der Waals surface area contributed by atoms with Crippen molar-refractivity contribution in [2.75, 3.05) is 32.2 Å². The molecular formula is C16H26ClNO3. The minimum atomic E-state index is -0.536. The molecule has 4 nitrogen and oxygen atoms in total. The van der Waals surface area contributed by atoms with Crippen molar-refractivity contribution in [3.63, 3.8) is 0 Å². The van der Waals surface area contributed by atoms with Crippen LogP contribution in [0.5, 0.6) is 5.75 Å². The van der Waals surface area contributed by atoms with Crippen LogP contribution in [0, 0.1) is 5.92 Å². The molecule has 0 radical (unpaired) electrons. The number of hydrogen-bond acceptors (Lipinski definition) is 4. The van der Waals surface area contributed by atoms with Crippen molar-refractivity contribution < 1.29 is 14.6 Å². The van der Waals surface area contributed by atoms with E-state index in [0.29, 0.717) is 36.4 Å². The van der Waals surface area contributed by atoms with E-state index in [9.17, 15) is 5.11 Å². The molecule has 5 heteroatoms. The number of halogens is 1. The molecule has 0 saturated carbocycles. The van der Waals surface area contributed by atoms with E-state index >= 15 is 0 Å². The van der Waals surface area contributed by atoms with E-state index in [2.05, 4.69) is 19.2 Å². The lowest BCUT2D eigenvalue weighted by molar-refractivity contribution is 0.0409. The standard InChI is InChI=1S/C16H26ClNO3/c1-12(2)5-4-8-21-11-14(19)10-18-13-6-7-15(17)16(9-13)20-3/h6-7,9,12,14,18-19H,4-5,8,10-11H2,1-3H3. The molecule has 0 spiro atoms. The Hall–Kier alpha value is -0.970. The lowest BCUT2D eigenvalue weighted by atomic mass is 10.1. The van der Waals surface area contributed by atoms with Crippen LogP contribution in [0.25, 0.3) is 0 Å². The van der Waals surface area contributed by atoms with Crippen molar-refractivity contribution in [1.82, 2.24) is 0 Å². The molecule has 0 aliphatic carbocycles. The van der Waals surface area contributed by atoms with Crippen LogP contribution >= 0.6 is 11.6 Å². The van der Waals surface area contributed by atoms with Crippen LogP contribution in [0.15, 0.2) is 18.2 Å². The monoisotopic (exact) mass is 315 g/mol. The molecule has 120 valence electrons. The van der Waals surface area contributed by atoms with Gasteiger partial charge < -0.3 is 19.9 Å². The van der Waals surface area contributed by atoms with E-state index < -0.39 is 6.10 Å². The first-order valence-corrected chi connectivity index (χ1v) is 7.74. The topological polar surface area (TPSA) is 50.7 Å². The Kier molecular flexibility index (Phi) is 8.50. The van der Waals surface area contributed by atoms with Gasteiger partial charge in [-0.2, -0.15) is 0 Å². The minimum absolute atomic E-state index is 0.343. The molecule has 0 saturated heterocycles. The molecular weight excluding hydrogens is 290 g/mol. The smallest absolute Gasteiger partial charge is 0.139 e. The first-order valence-electron chi connectivity index (χ1n) is 7.36. The molecule has 2 N–H and O–H groups in total. The second-order valence-electron chi connectivity index (χ2n) is 5.50. The number of anilines is 1. The third-order valence-corrected chi connectivity index (χ3v) is 3.39. The highest BCUT2D eigenvalue weighted by molar-refractivity contribution is 6.32. The maximum atomic E-state index is 9.86. The Balaban J connectivity index is 2.22. The summed E-state index contributed by atoms with van der Waals surface area (Å²) in [4.78, 5) is 0. The Labute approximate surface area is 132 Å². The van der Waals surface area contributed by atoms with Crippen LogP contribution in [0.1, 0.15) is 26.7 Å². The van der Waals surface area contributed by atoms with Gasteiger partial charge in [-0.05, 0) is 30.9 Å². The molecule has 0 fully saturated rings. The molecule has 0 aliphatic rings. The quantitative estimate of drug-likeness (QED) is 0.648. The normalized spacial score (nSPS) is 12.5. The summed E-state index contributed by atoms with van der Waals surface area (Å²) in [6, 6.07) is 5.41. The second kappa shape index (κ2) is 9.87. The van der Waals surface area contributed by atoms with E-state index in [1.54, 1.807) is 19.2 Å². The van der Waals surface area contributed by atoms with Gasteiger partial charge in [0, 0.05) is 24.9 Å². The van der Waals surface area contributed by atoms with Crippen LogP contribution in [0.3, 0.4) is 0 Å². The number of rotatable bonds is 10. The van der Waals surface area contributed by atoms with Crippen molar-refractivity contribution in [1.29, 1.82) is 0 Å². The zero-order valence-corrected chi connectivity index (χ0v) is 13.8. The van der Waals surface area contributed by atoms with E-state index in [1.165, 1.54) is 0 Å². The molecule has 0 bridgehead atoms. The fourth-order valence-corrected chi connectivity index (χ4v) is 2.07. The van der Waals surface area contributed by atoms with Gasteiger partial charge in [0.1, 0.15) is 5.75 Å². The Morgan fingerprint density at radius 3 is 2.76 bits per heavy atom. The molecule has 1 unspecified atom stereocenters. The van der Waals surface area contributed by atoms with E-state index in [1.807, 2.05) is 6.07 Å². The summed E-state index contributed by atoms with van der Waals surface area (Å²) >= 11 is 5.96. The zero-order chi connectivity index (χ0) is 15.7. The summed E-state index contributed by atoms with van der Waals surface area (Å²) in [5.41, 5.74) is 0.857. The summed E-state index contributed by atoms with van der Waals surface area (Å²) < 4.78 is 10.6. The van der Waals surface area contributed by atoms with Crippen LogP contribution in [-0.2, 0) is 4.74 Å². The average molecular weight is 316 g/mol. The second-order valence-corrected chi connectivity index (χ2v) is 5.90. The first kappa shape index (κ1) is 18.1. The molecule has 21 heavy (non-hydrogen) atoms.